The van der Waals surface area contributed by atoms with Gasteiger partial charge in [0.2, 0.25) is 0 Å². The number of carbonyl (C=O) groups is 1. The van der Waals surface area contributed by atoms with Crippen LogP contribution < -0.4 is 11.1 Å². The van der Waals surface area contributed by atoms with Crippen molar-refractivity contribution in [3.05, 3.63) is 0 Å². The summed E-state index contributed by atoms with van der Waals surface area (Å²) in [5, 5.41) is 2.91. The van der Waals surface area contributed by atoms with E-state index in [1.165, 1.54) is 0 Å². The number of nitrogens with zero attached hydrogens (tertiary/aromatic N) is 1. The van der Waals surface area contributed by atoms with Gasteiger partial charge in [0.05, 0.1) is 6.10 Å². The maximum Gasteiger partial charge on any atom is 0.407 e. The van der Waals surface area contributed by atoms with E-state index in [9.17, 15) is 4.79 Å². The molecule has 0 spiro atoms. The molecule has 0 aliphatic carbocycles. The van der Waals surface area contributed by atoms with Crippen molar-refractivity contribution in [2.75, 3.05) is 26.2 Å². The molecule has 0 saturated carbocycles. The number of hydrogen-bond donors (Lipinski definition) is 2. The fourth-order valence-corrected chi connectivity index (χ4v) is 2.87. The van der Waals surface area contributed by atoms with E-state index < -0.39 is 5.60 Å². The van der Waals surface area contributed by atoms with Gasteiger partial charge >= 0.3 is 6.09 Å². The fraction of sp³-hybridized carbons (Fsp3) is 0.938. The largest absolute Gasteiger partial charge is 0.444 e. The predicted octanol–water partition coefficient (Wildman–Crippen LogP) is 1.73. The molecule has 2 atom stereocenters. The smallest absolute Gasteiger partial charge is 0.407 e. The van der Waals surface area contributed by atoms with Crippen molar-refractivity contribution in [2.24, 2.45) is 5.73 Å². The van der Waals surface area contributed by atoms with E-state index in [1.807, 2.05) is 34.6 Å². The van der Waals surface area contributed by atoms with Gasteiger partial charge in [-0.1, -0.05) is 0 Å². The van der Waals surface area contributed by atoms with Gasteiger partial charge in [0.15, 0.2) is 0 Å². The zero-order valence-electron chi connectivity index (χ0n) is 14.7. The van der Waals surface area contributed by atoms with Crippen molar-refractivity contribution < 1.29 is 14.3 Å². The molecule has 1 amide bonds. The highest BCUT2D eigenvalue weighted by Crippen LogP contribution is 2.17. The lowest BCUT2D eigenvalue weighted by Gasteiger charge is -2.39. The maximum absolute atomic E-state index is 11.9. The molecule has 3 N–H and O–H groups in total. The summed E-state index contributed by atoms with van der Waals surface area (Å²) < 4.78 is 11.0. The highest BCUT2D eigenvalue weighted by Gasteiger charge is 2.29. The van der Waals surface area contributed by atoms with E-state index in [-0.39, 0.29) is 18.2 Å². The fourth-order valence-electron chi connectivity index (χ4n) is 2.87. The molecule has 1 rings (SSSR count). The standard InChI is InChI=1S/C16H33N3O3/c1-6-21-13-7-9-19(10-8-13)14(11-17)12(2)18-15(20)22-16(3,4)5/h12-14H,6-11,17H2,1-5H3,(H,18,20). The van der Waals surface area contributed by atoms with Crippen molar-refractivity contribution in [3.8, 4) is 0 Å². The normalized spacial score (nSPS) is 20.5. The van der Waals surface area contributed by atoms with Gasteiger partial charge in [0, 0.05) is 38.3 Å². The second kappa shape index (κ2) is 8.70. The third kappa shape index (κ3) is 6.50. The van der Waals surface area contributed by atoms with Crippen LogP contribution in [0.15, 0.2) is 0 Å². The number of piperidine rings is 1. The Morgan fingerprint density at radius 3 is 2.41 bits per heavy atom. The van der Waals surface area contributed by atoms with Crippen molar-refractivity contribution in [1.29, 1.82) is 0 Å². The van der Waals surface area contributed by atoms with Crippen molar-refractivity contribution >= 4 is 6.09 Å². The molecule has 1 aliphatic rings. The number of alkyl carbamates (subject to hydrolysis) is 1. The van der Waals surface area contributed by atoms with Crippen molar-refractivity contribution in [2.45, 2.75) is 71.2 Å². The summed E-state index contributed by atoms with van der Waals surface area (Å²) in [6.07, 6.45) is 2.00. The average molecular weight is 315 g/mol. The number of ether oxygens (including phenoxy) is 2. The monoisotopic (exact) mass is 315 g/mol. The first-order chi connectivity index (χ1) is 10.3. The summed E-state index contributed by atoms with van der Waals surface area (Å²) in [7, 11) is 0. The number of nitrogens with two attached hydrogens (primary N) is 1. The van der Waals surface area contributed by atoms with Crippen molar-refractivity contribution in [1.82, 2.24) is 10.2 Å². The third-order valence-corrected chi connectivity index (χ3v) is 3.91. The molecule has 0 aromatic carbocycles. The van der Waals surface area contributed by atoms with Crippen LogP contribution in [0.1, 0.15) is 47.5 Å². The third-order valence-electron chi connectivity index (χ3n) is 3.91. The van der Waals surface area contributed by atoms with E-state index in [0.29, 0.717) is 12.6 Å². The van der Waals surface area contributed by atoms with E-state index in [1.54, 1.807) is 0 Å². The Kier molecular flexibility index (Phi) is 7.59. The number of carbonyl (C=O) groups excluding carboxylic acids is 1. The Hall–Kier alpha value is -0.850. The lowest BCUT2D eigenvalue weighted by Crippen LogP contribution is -2.56. The van der Waals surface area contributed by atoms with Crippen LogP contribution in [0.25, 0.3) is 0 Å². The van der Waals surface area contributed by atoms with Gasteiger partial charge in [-0.2, -0.15) is 0 Å². The molecule has 6 heteroatoms. The Morgan fingerprint density at radius 1 is 1.36 bits per heavy atom. The highest BCUT2D eigenvalue weighted by atomic mass is 16.6. The summed E-state index contributed by atoms with van der Waals surface area (Å²) in [6, 6.07) is 0.0681. The SMILES string of the molecule is CCOC1CCN(C(CN)C(C)NC(=O)OC(C)(C)C)CC1. The topological polar surface area (TPSA) is 76.8 Å². The quantitative estimate of drug-likeness (QED) is 0.780. The van der Waals surface area contributed by atoms with Gasteiger partial charge < -0.3 is 20.5 Å². The summed E-state index contributed by atoms with van der Waals surface area (Å²) in [5.74, 6) is 0. The number of nitrogens with one attached hydrogen (secondary N) is 1. The van der Waals surface area contributed by atoms with E-state index in [2.05, 4.69) is 10.2 Å². The average Bonchev–Trinajstić information content (AvgIpc) is 2.39. The lowest BCUT2D eigenvalue weighted by atomic mass is 10.0. The number of likely N-dealkylation sites (tertiary alicyclic amines) is 1. The Morgan fingerprint density at radius 2 is 1.95 bits per heavy atom. The van der Waals surface area contributed by atoms with Crippen LogP contribution in [0.4, 0.5) is 4.79 Å². The van der Waals surface area contributed by atoms with E-state index >= 15 is 0 Å². The molecule has 1 saturated heterocycles. The summed E-state index contributed by atoms with van der Waals surface area (Å²) in [5.41, 5.74) is 5.45. The summed E-state index contributed by atoms with van der Waals surface area (Å²) in [4.78, 5) is 14.2. The molecule has 130 valence electrons. The second-order valence-corrected chi connectivity index (χ2v) is 6.93. The molecule has 1 heterocycles. The molecule has 1 fully saturated rings. The molecule has 22 heavy (non-hydrogen) atoms. The Balaban J connectivity index is 2.48. The first kappa shape index (κ1) is 19.2. The zero-order chi connectivity index (χ0) is 16.8. The minimum absolute atomic E-state index is 0.0523. The van der Waals surface area contributed by atoms with Crippen molar-refractivity contribution in [3.63, 3.8) is 0 Å². The zero-order valence-corrected chi connectivity index (χ0v) is 14.7. The summed E-state index contributed by atoms with van der Waals surface area (Å²) >= 11 is 0. The lowest BCUT2D eigenvalue weighted by molar-refractivity contribution is -0.000268. The van der Waals surface area contributed by atoms with Gasteiger partial charge in [-0.15, -0.1) is 0 Å². The molecule has 0 aromatic rings. The Labute approximate surface area is 134 Å². The first-order valence-electron chi connectivity index (χ1n) is 8.32. The Bertz CT molecular complexity index is 336. The van der Waals surface area contributed by atoms with Crippen LogP contribution in [-0.4, -0.2) is 61.0 Å². The van der Waals surface area contributed by atoms with Crippen LogP contribution >= 0.6 is 0 Å². The van der Waals surface area contributed by atoms with Gasteiger partial charge in [0.25, 0.3) is 0 Å². The number of hydrogen-bond acceptors (Lipinski definition) is 5. The predicted molar refractivity (Wildman–Crippen MR) is 87.9 cm³/mol. The van der Waals surface area contributed by atoms with Crippen LogP contribution in [0.3, 0.4) is 0 Å². The van der Waals surface area contributed by atoms with E-state index in [4.69, 9.17) is 15.2 Å². The van der Waals surface area contributed by atoms with Crippen LogP contribution in [0.2, 0.25) is 0 Å². The first-order valence-corrected chi connectivity index (χ1v) is 8.32. The summed E-state index contributed by atoms with van der Waals surface area (Å²) in [6.45, 7) is 12.8. The highest BCUT2D eigenvalue weighted by molar-refractivity contribution is 5.68. The van der Waals surface area contributed by atoms with Crippen LogP contribution in [-0.2, 0) is 9.47 Å². The van der Waals surface area contributed by atoms with Gasteiger partial charge in [-0.05, 0) is 47.5 Å². The molecule has 6 nitrogen and oxygen atoms in total. The minimum atomic E-state index is -0.488. The number of amides is 1. The number of rotatable bonds is 6. The van der Waals surface area contributed by atoms with Crippen LogP contribution in [0, 0.1) is 0 Å². The molecule has 0 bridgehead atoms. The molecule has 1 aliphatic heterocycles. The van der Waals surface area contributed by atoms with Crippen LogP contribution in [0.5, 0.6) is 0 Å². The molecule has 0 aromatic heterocycles. The van der Waals surface area contributed by atoms with E-state index in [0.717, 1.165) is 32.5 Å². The molecular weight excluding hydrogens is 282 g/mol. The minimum Gasteiger partial charge on any atom is -0.444 e. The molecule has 0 radical (unpaired) electrons. The second-order valence-electron chi connectivity index (χ2n) is 6.93. The van der Waals surface area contributed by atoms with Gasteiger partial charge in [-0.25, -0.2) is 4.79 Å². The maximum atomic E-state index is 11.9. The van der Waals surface area contributed by atoms with Gasteiger partial charge in [0.1, 0.15) is 5.60 Å². The van der Waals surface area contributed by atoms with Gasteiger partial charge in [-0.3, -0.25) is 4.90 Å². The molecular formula is C16H33N3O3. The molecule has 2 unspecified atom stereocenters.